The molecule has 0 heterocycles. The van der Waals surface area contributed by atoms with Gasteiger partial charge in [0.2, 0.25) is 0 Å². The van der Waals surface area contributed by atoms with Crippen LogP contribution in [0.1, 0.15) is 13.8 Å². The fraction of sp³-hybridized carbons (Fsp3) is 0.667. The van der Waals surface area contributed by atoms with Gasteiger partial charge in [-0.2, -0.15) is 13.2 Å². The number of carboxylic acids is 1. The van der Waals surface area contributed by atoms with Crippen molar-refractivity contribution in [3.8, 4) is 0 Å². The molecule has 1 saturated carbocycles. The lowest BCUT2D eigenvalue weighted by atomic mass is 10.1. The highest BCUT2D eigenvalue weighted by Crippen LogP contribution is 2.59. The summed E-state index contributed by atoms with van der Waals surface area (Å²) >= 11 is 5.01. The van der Waals surface area contributed by atoms with Gasteiger partial charge < -0.3 is 9.90 Å². The molecular formula is C9H9ClF3O2-. The number of hydrogen-bond acceptors (Lipinski definition) is 2. The van der Waals surface area contributed by atoms with E-state index < -0.39 is 34.4 Å². The summed E-state index contributed by atoms with van der Waals surface area (Å²) in [5, 5.41) is 9.28. The maximum Gasteiger partial charge on any atom is 0.426 e. The maximum atomic E-state index is 12.1. The molecule has 0 aliphatic heterocycles. The molecule has 2 nitrogen and oxygen atoms in total. The van der Waals surface area contributed by atoms with Crippen LogP contribution in [0.4, 0.5) is 13.2 Å². The minimum Gasteiger partial charge on any atom is -0.550 e. The highest BCUT2D eigenvalue weighted by atomic mass is 35.5. The predicted octanol–water partition coefficient (Wildman–Crippen LogP) is 1.69. The molecule has 1 fully saturated rings. The third-order valence-electron chi connectivity index (χ3n) is 2.76. The van der Waals surface area contributed by atoms with Gasteiger partial charge in [0.1, 0.15) is 5.03 Å². The van der Waals surface area contributed by atoms with Crippen LogP contribution in [0, 0.1) is 17.3 Å². The van der Waals surface area contributed by atoms with Crippen LogP contribution in [0.25, 0.3) is 0 Å². The maximum absolute atomic E-state index is 12.1. The highest BCUT2D eigenvalue weighted by Gasteiger charge is 2.58. The number of alkyl halides is 3. The summed E-state index contributed by atoms with van der Waals surface area (Å²) in [6.07, 6.45) is -3.86. The largest absolute Gasteiger partial charge is 0.550 e. The number of carboxylic acid groups (broad SMARTS) is 1. The summed E-state index contributed by atoms with van der Waals surface area (Å²) in [4.78, 5) is 10.6. The lowest BCUT2D eigenvalue weighted by molar-refractivity contribution is -0.309. The molecule has 15 heavy (non-hydrogen) atoms. The second-order valence-electron chi connectivity index (χ2n) is 4.16. The van der Waals surface area contributed by atoms with Crippen LogP contribution < -0.4 is 5.11 Å². The van der Waals surface area contributed by atoms with Crippen molar-refractivity contribution < 1.29 is 23.1 Å². The predicted molar refractivity (Wildman–Crippen MR) is 45.8 cm³/mol. The first-order chi connectivity index (χ1) is 6.58. The molecule has 1 aliphatic rings. The van der Waals surface area contributed by atoms with E-state index in [4.69, 9.17) is 11.6 Å². The van der Waals surface area contributed by atoms with E-state index in [1.165, 1.54) is 0 Å². The molecule has 0 aromatic carbocycles. The van der Waals surface area contributed by atoms with Crippen LogP contribution in [-0.4, -0.2) is 12.1 Å². The summed E-state index contributed by atoms with van der Waals surface area (Å²) in [6, 6.07) is 0. The third-order valence-corrected chi connectivity index (χ3v) is 3.10. The van der Waals surface area contributed by atoms with E-state index in [2.05, 4.69) is 0 Å². The molecule has 2 atom stereocenters. The quantitative estimate of drug-likeness (QED) is 0.738. The Bertz CT molecular complexity index is 320. The van der Waals surface area contributed by atoms with E-state index >= 15 is 0 Å². The summed E-state index contributed by atoms with van der Waals surface area (Å²) in [5.74, 6) is -2.95. The Hall–Kier alpha value is -0.710. The minimum atomic E-state index is -4.61. The highest BCUT2D eigenvalue weighted by molar-refractivity contribution is 6.30. The molecule has 0 bridgehead atoms. The van der Waals surface area contributed by atoms with E-state index in [-0.39, 0.29) is 0 Å². The summed E-state index contributed by atoms with van der Waals surface area (Å²) in [6.45, 7) is 3.13. The molecule has 0 spiro atoms. The summed E-state index contributed by atoms with van der Waals surface area (Å²) in [5.41, 5.74) is -0.718. The number of carbonyl (C=O) groups excluding carboxylic acids is 1. The lowest BCUT2D eigenvalue weighted by Crippen LogP contribution is -2.26. The Morgan fingerprint density at radius 1 is 1.47 bits per heavy atom. The van der Waals surface area contributed by atoms with Gasteiger partial charge >= 0.3 is 6.18 Å². The number of allylic oxidation sites excluding steroid dienone is 2. The molecular weight excluding hydrogens is 233 g/mol. The fourth-order valence-corrected chi connectivity index (χ4v) is 1.83. The normalized spacial score (nSPS) is 30.1. The van der Waals surface area contributed by atoms with Gasteiger partial charge in [0.25, 0.3) is 0 Å². The van der Waals surface area contributed by atoms with E-state index in [0.29, 0.717) is 0 Å². The van der Waals surface area contributed by atoms with Crippen molar-refractivity contribution in [3.63, 3.8) is 0 Å². The van der Waals surface area contributed by atoms with Crippen LogP contribution >= 0.6 is 11.6 Å². The zero-order valence-corrected chi connectivity index (χ0v) is 8.82. The molecule has 0 saturated heterocycles. The number of aliphatic carboxylic acids is 1. The number of rotatable bonds is 2. The van der Waals surface area contributed by atoms with Crippen molar-refractivity contribution in [2.45, 2.75) is 20.0 Å². The van der Waals surface area contributed by atoms with Gasteiger partial charge in [-0.1, -0.05) is 31.5 Å². The summed E-state index contributed by atoms with van der Waals surface area (Å²) < 4.78 is 36.2. The molecule has 1 aliphatic carbocycles. The van der Waals surface area contributed by atoms with Gasteiger partial charge in [0, 0.05) is 11.9 Å². The zero-order chi connectivity index (χ0) is 12.0. The summed E-state index contributed by atoms with van der Waals surface area (Å²) in [7, 11) is 0. The Kier molecular flexibility index (Phi) is 2.80. The Morgan fingerprint density at radius 2 is 1.93 bits per heavy atom. The standard InChI is InChI=1S/C9H10ClF3O2/c1-8(2)4(6(8)7(14)15)3-5(10)9(11,12)13/h3-4,6H,1-2H3,(H,14,15)/p-1/b5-3-/t4-,6+/m1/s1. The minimum absolute atomic E-state index is 0.711. The topological polar surface area (TPSA) is 40.1 Å². The number of carbonyl (C=O) groups is 1. The molecule has 0 aromatic heterocycles. The molecule has 0 N–H and O–H groups in total. The smallest absolute Gasteiger partial charge is 0.426 e. The first-order valence-electron chi connectivity index (χ1n) is 4.24. The van der Waals surface area contributed by atoms with Crippen molar-refractivity contribution in [2.24, 2.45) is 17.3 Å². The van der Waals surface area contributed by atoms with Crippen LogP contribution in [0.3, 0.4) is 0 Å². The number of hydrogen-bond donors (Lipinski definition) is 0. The van der Waals surface area contributed by atoms with Crippen molar-refractivity contribution >= 4 is 17.6 Å². The fourth-order valence-electron chi connectivity index (χ4n) is 1.69. The average molecular weight is 242 g/mol. The zero-order valence-electron chi connectivity index (χ0n) is 8.06. The van der Waals surface area contributed by atoms with E-state index in [0.717, 1.165) is 6.08 Å². The first-order valence-corrected chi connectivity index (χ1v) is 4.61. The van der Waals surface area contributed by atoms with Gasteiger partial charge in [-0.25, -0.2) is 0 Å². The molecule has 0 amide bonds. The second kappa shape index (κ2) is 3.40. The Balaban J connectivity index is 2.83. The van der Waals surface area contributed by atoms with E-state index in [1.807, 2.05) is 0 Å². The van der Waals surface area contributed by atoms with Gasteiger partial charge in [-0.3, -0.25) is 0 Å². The molecule has 6 heteroatoms. The third kappa shape index (κ3) is 2.27. The van der Waals surface area contributed by atoms with E-state index in [9.17, 15) is 23.1 Å². The van der Waals surface area contributed by atoms with Crippen molar-refractivity contribution in [2.75, 3.05) is 0 Å². The lowest BCUT2D eigenvalue weighted by Gasteiger charge is -2.04. The van der Waals surface area contributed by atoms with Gasteiger partial charge in [-0.15, -0.1) is 0 Å². The second-order valence-corrected chi connectivity index (χ2v) is 4.56. The molecule has 86 valence electrons. The van der Waals surface area contributed by atoms with Crippen LogP contribution in [0.15, 0.2) is 11.1 Å². The monoisotopic (exact) mass is 241 g/mol. The SMILES string of the molecule is CC1(C)[C@H](/C=C(\Cl)C(F)(F)F)[C@H]1C(=O)[O-]. The van der Waals surface area contributed by atoms with Crippen molar-refractivity contribution in [1.82, 2.24) is 0 Å². The van der Waals surface area contributed by atoms with Crippen LogP contribution in [-0.2, 0) is 4.79 Å². The van der Waals surface area contributed by atoms with Gasteiger partial charge in [0.05, 0.1) is 0 Å². The molecule has 1 rings (SSSR count). The number of halogens is 4. The first kappa shape index (κ1) is 12.4. The molecule has 0 aromatic rings. The Labute approximate surface area is 89.7 Å². The molecule has 0 radical (unpaired) electrons. The van der Waals surface area contributed by atoms with Crippen LogP contribution in [0.2, 0.25) is 0 Å². The van der Waals surface area contributed by atoms with Crippen molar-refractivity contribution in [1.29, 1.82) is 0 Å². The van der Waals surface area contributed by atoms with E-state index in [1.54, 1.807) is 13.8 Å². The van der Waals surface area contributed by atoms with Gasteiger partial charge in [0.15, 0.2) is 0 Å². The van der Waals surface area contributed by atoms with Gasteiger partial charge in [-0.05, 0) is 11.3 Å². The molecule has 0 unspecified atom stereocenters. The van der Waals surface area contributed by atoms with Crippen LogP contribution in [0.5, 0.6) is 0 Å². The van der Waals surface area contributed by atoms with Crippen molar-refractivity contribution in [3.05, 3.63) is 11.1 Å². The average Bonchev–Trinajstić information content (AvgIpc) is 2.50. The Morgan fingerprint density at radius 3 is 2.20 bits per heavy atom.